The molecule has 2 aromatic rings. The largest absolute Gasteiger partial charge is 0.478 e. The third kappa shape index (κ3) is 2.82. The second-order valence-electron chi connectivity index (χ2n) is 9.49. The van der Waals surface area contributed by atoms with Crippen LogP contribution >= 0.6 is 11.6 Å². The second-order valence-corrected chi connectivity index (χ2v) is 9.92. The summed E-state index contributed by atoms with van der Waals surface area (Å²) >= 11 is 6.39. The van der Waals surface area contributed by atoms with Gasteiger partial charge in [-0.05, 0) is 65.5 Å². The lowest BCUT2D eigenvalue weighted by molar-refractivity contribution is -0.121. The van der Waals surface area contributed by atoms with Crippen molar-refractivity contribution in [3.05, 3.63) is 88.5 Å². The van der Waals surface area contributed by atoms with Crippen LogP contribution in [0.5, 0.6) is 0 Å². The Morgan fingerprint density at radius 1 is 1.22 bits per heavy atom. The molecule has 1 spiro atoms. The minimum atomic E-state index is -0.966. The Morgan fingerprint density at radius 3 is 2.72 bits per heavy atom. The minimum Gasteiger partial charge on any atom is -0.478 e. The first-order valence-corrected chi connectivity index (χ1v) is 11.5. The van der Waals surface area contributed by atoms with Gasteiger partial charge in [-0.3, -0.25) is 4.79 Å². The first kappa shape index (κ1) is 21.0. The molecule has 3 aliphatic rings. The Kier molecular flexibility index (Phi) is 4.82. The molecule has 1 heterocycles. The minimum absolute atomic E-state index is 0.118. The van der Waals surface area contributed by atoms with Crippen molar-refractivity contribution in [3.8, 4) is 0 Å². The maximum atomic E-state index is 14.2. The summed E-state index contributed by atoms with van der Waals surface area (Å²) < 4.78 is 0. The van der Waals surface area contributed by atoms with Crippen LogP contribution in [-0.4, -0.2) is 17.0 Å². The molecular weight excluding hydrogens is 422 g/mol. The topological polar surface area (TPSA) is 57.6 Å². The summed E-state index contributed by atoms with van der Waals surface area (Å²) in [5.41, 5.74) is 2.31. The predicted molar refractivity (Wildman–Crippen MR) is 126 cm³/mol. The molecule has 5 rings (SSSR count). The van der Waals surface area contributed by atoms with Gasteiger partial charge in [0.2, 0.25) is 5.91 Å². The van der Waals surface area contributed by atoms with E-state index in [2.05, 4.69) is 32.1 Å². The van der Waals surface area contributed by atoms with Gasteiger partial charge in [0.25, 0.3) is 0 Å². The number of nitrogens with zero attached hydrogens (tertiary/aromatic N) is 1. The first-order chi connectivity index (χ1) is 15.3. The van der Waals surface area contributed by atoms with Crippen LogP contribution in [0.2, 0.25) is 0 Å². The number of aromatic carboxylic acids is 1. The molecule has 1 aliphatic heterocycles. The monoisotopic (exact) mass is 447 g/mol. The number of amides is 1. The molecule has 1 saturated carbocycles. The van der Waals surface area contributed by atoms with E-state index >= 15 is 0 Å². The fourth-order valence-electron chi connectivity index (χ4n) is 6.26. The quantitative estimate of drug-likeness (QED) is 0.619. The van der Waals surface area contributed by atoms with Gasteiger partial charge in [0.15, 0.2) is 0 Å². The Balaban J connectivity index is 1.57. The normalized spacial score (nSPS) is 28.2. The summed E-state index contributed by atoms with van der Waals surface area (Å²) in [6.07, 6.45) is 7.87. The molecule has 0 aromatic heterocycles. The van der Waals surface area contributed by atoms with Crippen LogP contribution in [-0.2, 0) is 16.8 Å². The number of carbonyl (C=O) groups excluding carboxylic acids is 1. The van der Waals surface area contributed by atoms with E-state index in [9.17, 15) is 14.7 Å². The van der Waals surface area contributed by atoms with Crippen molar-refractivity contribution in [1.29, 1.82) is 0 Å². The number of carbonyl (C=O) groups is 2. The van der Waals surface area contributed by atoms with Gasteiger partial charge in [0, 0.05) is 10.7 Å². The number of carboxylic acid groups (broad SMARTS) is 1. The number of carboxylic acids is 1. The van der Waals surface area contributed by atoms with Gasteiger partial charge in [-0.15, -0.1) is 0 Å². The Hall–Kier alpha value is -2.85. The summed E-state index contributed by atoms with van der Waals surface area (Å²) in [6, 6.07) is 14.9. The van der Waals surface area contributed by atoms with Gasteiger partial charge < -0.3 is 10.0 Å². The fraction of sp³-hybridized carbons (Fsp3) is 0.333. The number of halogens is 1. The number of hydrogen-bond donors (Lipinski definition) is 1. The van der Waals surface area contributed by atoms with Crippen LogP contribution in [0.1, 0.15) is 48.2 Å². The van der Waals surface area contributed by atoms with Gasteiger partial charge >= 0.3 is 5.97 Å². The molecule has 4 nitrogen and oxygen atoms in total. The lowest BCUT2D eigenvalue weighted by Gasteiger charge is -2.33. The lowest BCUT2D eigenvalue weighted by atomic mass is 9.69. The van der Waals surface area contributed by atoms with Crippen LogP contribution < -0.4 is 4.90 Å². The molecule has 1 fully saturated rings. The molecule has 32 heavy (non-hydrogen) atoms. The van der Waals surface area contributed by atoms with E-state index in [1.807, 2.05) is 35.2 Å². The third-order valence-corrected chi connectivity index (χ3v) is 7.98. The number of benzene rings is 2. The number of allylic oxidation sites excluding steroid dienone is 4. The molecule has 2 aromatic carbocycles. The van der Waals surface area contributed by atoms with Crippen molar-refractivity contribution in [2.24, 2.45) is 17.3 Å². The first-order valence-electron chi connectivity index (χ1n) is 11.1. The van der Waals surface area contributed by atoms with Gasteiger partial charge in [0.1, 0.15) is 0 Å². The Morgan fingerprint density at radius 2 is 2.00 bits per heavy atom. The highest BCUT2D eigenvalue weighted by Gasteiger charge is 2.78. The zero-order valence-electron chi connectivity index (χ0n) is 18.2. The van der Waals surface area contributed by atoms with Gasteiger partial charge in [-0.1, -0.05) is 67.9 Å². The SMILES string of the molecule is CC(C)[C@@]1(C2C=C(Cl)C=CC2)C[C@@]12C(=O)N(Cc1cccc(C(=O)O)c1)c1ccccc12. The van der Waals surface area contributed by atoms with Crippen molar-refractivity contribution in [3.63, 3.8) is 0 Å². The second kappa shape index (κ2) is 7.35. The molecule has 2 aliphatic carbocycles. The molecule has 5 heteroatoms. The summed E-state index contributed by atoms with van der Waals surface area (Å²) in [5.74, 6) is -0.349. The number of hydrogen-bond acceptors (Lipinski definition) is 2. The van der Waals surface area contributed by atoms with Crippen molar-refractivity contribution in [2.45, 2.75) is 38.6 Å². The summed E-state index contributed by atoms with van der Waals surface area (Å²) in [4.78, 5) is 27.4. The molecule has 1 amide bonds. The molecule has 3 atom stereocenters. The summed E-state index contributed by atoms with van der Waals surface area (Å²) in [5, 5.41) is 10.1. The summed E-state index contributed by atoms with van der Waals surface area (Å²) in [7, 11) is 0. The van der Waals surface area contributed by atoms with E-state index in [1.165, 1.54) is 0 Å². The molecule has 0 saturated heterocycles. The van der Waals surface area contributed by atoms with Crippen LogP contribution in [0, 0.1) is 17.3 Å². The highest BCUT2D eigenvalue weighted by Crippen LogP contribution is 2.76. The Labute approximate surface area is 193 Å². The van der Waals surface area contributed by atoms with Gasteiger partial charge in [-0.2, -0.15) is 0 Å². The molecule has 1 unspecified atom stereocenters. The van der Waals surface area contributed by atoms with E-state index in [1.54, 1.807) is 18.2 Å². The van der Waals surface area contributed by atoms with E-state index in [-0.39, 0.29) is 22.8 Å². The highest BCUT2D eigenvalue weighted by molar-refractivity contribution is 6.31. The number of rotatable bonds is 5. The van der Waals surface area contributed by atoms with E-state index in [0.717, 1.165) is 34.7 Å². The van der Waals surface area contributed by atoms with Crippen LogP contribution in [0.3, 0.4) is 0 Å². The Bertz CT molecular complexity index is 1180. The summed E-state index contributed by atoms with van der Waals surface area (Å²) in [6.45, 7) is 4.78. The van der Waals surface area contributed by atoms with E-state index in [4.69, 9.17) is 11.6 Å². The maximum Gasteiger partial charge on any atom is 0.335 e. The fourth-order valence-corrected chi connectivity index (χ4v) is 6.50. The average Bonchev–Trinajstić information content (AvgIpc) is 3.45. The highest BCUT2D eigenvalue weighted by atomic mass is 35.5. The van der Waals surface area contributed by atoms with Gasteiger partial charge in [-0.25, -0.2) is 4.79 Å². The maximum absolute atomic E-state index is 14.2. The van der Waals surface area contributed by atoms with E-state index < -0.39 is 11.4 Å². The molecule has 1 N–H and O–H groups in total. The van der Waals surface area contributed by atoms with Crippen LogP contribution in [0.25, 0.3) is 0 Å². The zero-order chi connectivity index (χ0) is 22.7. The van der Waals surface area contributed by atoms with E-state index in [0.29, 0.717) is 12.5 Å². The van der Waals surface area contributed by atoms with Crippen molar-refractivity contribution in [2.75, 3.05) is 4.90 Å². The standard InChI is InChI=1S/C27H26ClNO3/c1-17(2)26(20-9-6-10-21(28)14-20)16-27(26)22-11-3-4-12-23(22)29(25(27)32)15-18-7-5-8-19(13-18)24(30)31/h3-8,10-14,17,20H,9,15-16H2,1-2H3,(H,30,31)/t20?,26-,27-/m1/s1. The van der Waals surface area contributed by atoms with Gasteiger partial charge in [0.05, 0.1) is 17.5 Å². The molecular formula is C27H26ClNO3. The number of para-hydroxylation sites is 1. The van der Waals surface area contributed by atoms with Crippen molar-refractivity contribution >= 4 is 29.2 Å². The number of fused-ring (bicyclic) bond motifs is 2. The lowest BCUT2D eigenvalue weighted by Crippen LogP contribution is -2.39. The zero-order valence-corrected chi connectivity index (χ0v) is 19.0. The van der Waals surface area contributed by atoms with Crippen LogP contribution in [0.15, 0.2) is 71.8 Å². The smallest absolute Gasteiger partial charge is 0.335 e. The van der Waals surface area contributed by atoms with Crippen LogP contribution in [0.4, 0.5) is 5.69 Å². The van der Waals surface area contributed by atoms with Crippen molar-refractivity contribution < 1.29 is 14.7 Å². The number of anilines is 1. The predicted octanol–water partition coefficient (Wildman–Crippen LogP) is 5.91. The molecule has 0 radical (unpaired) electrons. The molecule has 164 valence electrons. The average molecular weight is 448 g/mol. The third-order valence-electron chi connectivity index (χ3n) is 7.73. The molecule has 0 bridgehead atoms. The van der Waals surface area contributed by atoms with Crippen molar-refractivity contribution in [1.82, 2.24) is 0 Å².